The molecule has 1 N–H and O–H groups in total. The summed E-state index contributed by atoms with van der Waals surface area (Å²) in [6, 6.07) is 4.74. The van der Waals surface area contributed by atoms with E-state index in [1.807, 2.05) is 6.92 Å². The van der Waals surface area contributed by atoms with Gasteiger partial charge in [-0.05, 0) is 13.0 Å². The van der Waals surface area contributed by atoms with Gasteiger partial charge in [0.1, 0.15) is 5.82 Å². The van der Waals surface area contributed by atoms with Crippen LogP contribution in [0.1, 0.15) is 11.1 Å². The molecule has 0 aliphatic carbocycles. The Hall–Kier alpha value is -1.86. The number of hydrogen-bond donors (Lipinski definition) is 1. The van der Waals surface area contributed by atoms with Gasteiger partial charge in [-0.25, -0.2) is 4.39 Å². The molecule has 4 heteroatoms. The van der Waals surface area contributed by atoms with Crippen molar-refractivity contribution in [3.05, 3.63) is 35.1 Å². The number of carbonyl (C=O) groups is 1. The predicted molar refractivity (Wildman–Crippen MR) is 62.9 cm³/mol. The van der Waals surface area contributed by atoms with Gasteiger partial charge >= 0.3 is 5.97 Å². The average molecular weight is 235 g/mol. The first-order valence-corrected chi connectivity index (χ1v) is 5.15. The number of halogens is 1. The van der Waals surface area contributed by atoms with Crippen molar-refractivity contribution in [1.82, 2.24) is 4.90 Å². The molecular weight excluding hydrogens is 221 g/mol. The van der Waals surface area contributed by atoms with Gasteiger partial charge in [-0.2, -0.15) is 0 Å². The first-order chi connectivity index (χ1) is 8.02. The molecule has 0 aliphatic heterocycles. The van der Waals surface area contributed by atoms with E-state index in [-0.39, 0.29) is 25.5 Å². The summed E-state index contributed by atoms with van der Waals surface area (Å²) in [5.41, 5.74) is 1.39. The summed E-state index contributed by atoms with van der Waals surface area (Å²) in [6.45, 7) is 2.03. The van der Waals surface area contributed by atoms with Crippen LogP contribution in [0.15, 0.2) is 18.2 Å². The van der Waals surface area contributed by atoms with Crippen molar-refractivity contribution < 1.29 is 14.3 Å². The second-order valence-electron chi connectivity index (χ2n) is 3.84. The van der Waals surface area contributed by atoms with Crippen molar-refractivity contribution in [3.8, 4) is 12.3 Å². The van der Waals surface area contributed by atoms with Crippen LogP contribution in [0.2, 0.25) is 0 Å². The van der Waals surface area contributed by atoms with Gasteiger partial charge in [0.15, 0.2) is 0 Å². The first-order valence-electron chi connectivity index (χ1n) is 5.15. The Balaban J connectivity index is 2.81. The van der Waals surface area contributed by atoms with Gasteiger partial charge in [0.05, 0.1) is 13.1 Å². The molecule has 1 aromatic carbocycles. The lowest BCUT2D eigenvalue weighted by atomic mass is 10.1. The molecule has 0 amide bonds. The molecule has 1 rings (SSSR count). The van der Waals surface area contributed by atoms with Gasteiger partial charge in [-0.1, -0.05) is 23.6 Å². The van der Waals surface area contributed by atoms with Crippen molar-refractivity contribution >= 4 is 5.97 Å². The highest BCUT2D eigenvalue weighted by atomic mass is 19.1. The minimum absolute atomic E-state index is 0.180. The molecule has 0 saturated heterocycles. The molecule has 0 heterocycles. The molecule has 0 spiro atoms. The summed E-state index contributed by atoms with van der Waals surface area (Å²) in [7, 11) is 0. The van der Waals surface area contributed by atoms with Gasteiger partial charge in [0.25, 0.3) is 0 Å². The molecule has 0 bridgehead atoms. The average Bonchev–Trinajstić information content (AvgIpc) is 2.23. The largest absolute Gasteiger partial charge is 0.480 e. The van der Waals surface area contributed by atoms with Crippen molar-refractivity contribution in [3.63, 3.8) is 0 Å². The monoisotopic (exact) mass is 235 g/mol. The summed E-state index contributed by atoms with van der Waals surface area (Å²) in [4.78, 5) is 12.1. The summed E-state index contributed by atoms with van der Waals surface area (Å²) in [6.07, 6.45) is 5.15. The van der Waals surface area contributed by atoms with E-state index in [0.717, 1.165) is 5.56 Å². The molecule has 1 aromatic rings. The summed E-state index contributed by atoms with van der Waals surface area (Å²) in [5.74, 6) is 1.04. The maximum atomic E-state index is 13.5. The topological polar surface area (TPSA) is 40.5 Å². The Bertz CT molecular complexity index is 451. The number of nitrogens with zero attached hydrogens (tertiary/aromatic N) is 1. The van der Waals surface area contributed by atoms with Crippen LogP contribution in [0.3, 0.4) is 0 Å². The fraction of sp³-hybridized carbons (Fsp3) is 0.308. The molecule has 3 nitrogen and oxygen atoms in total. The fourth-order valence-electron chi connectivity index (χ4n) is 1.55. The molecule has 0 fully saturated rings. The molecule has 0 radical (unpaired) electrons. The minimum Gasteiger partial charge on any atom is -0.480 e. The van der Waals surface area contributed by atoms with E-state index in [4.69, 9.17) is 11.5 Å². The normalized spacial score (nSPS) is 10.2. The van der Waals surface area contributed by atoms with Gasteiger partial charge in [-0.15, -0.1) is 6.42 Å². The second kappa shape index (κ2) is 6.02. The van der Waals surface area contributed by atoms with E-state index in [9.17, 15) is 9.18 Å². The number of hydrogen-bond acceptors (Lipinski definition) is 2. The van der Waals surface area contributed by atoms with Crippen LogP contribution in [0.25, 0.3) is 0 Å². The maximum absolute atomic E-state index is 13.5. The zero-order chi connectivity index (χ0) is 12.8. The van der Waals surface area contributed by atoms with Crippen molar-refractivity contribution in [1.29, 1.82) is 0 Å². The Morgan fingerprint density at radius 2 is 2.29 bits per heavy atom. The molecule has 0 aliphatic rings. The predicted octanol–water partition coefficient (Wildman–Crippen LogP) is 1.65. The number of aryl methyl sites for hydroxylation is 1. The van der Waals surface area contributed by atoms with E-state index >= 15 is 0 Å². The third-order valence-electron chi connectivity index (χ3n) is 2.27. The van der Waals surface area contributed by atoms with Crippen molar-refractivity contribution in [2.75, 3.05) is 13.1 Å². The molecular formula is C13H14FNO2. The highest BCUT2D eigenvalue weighted by molar-refractivity contribution is 5.69. The number of terminal acetylenes is 1. The van der Waals surface area contributed by atoms with Crippen LogP contribution < -0.4 is 0 Å². The SMILES string of the molecule is C#CCN(CC(=O)O)Cc1cc(C)ccc1F. The first kappa shape index (κ1) is 13.2. The van der Waals surface area contributed by atoms with Crippen LogP contribution in [-0.2, 0) is 11.3 Å². The molecule has 0 saturated carbocycles. The molecule has 17 heavy (non-hydrogen) atoms. The lowest BCUT2D eigenvalue weighted by Gasteiger charge is -2.17. The Morgan fingerprint density at radius 3 is 2.88 bits per heavy atom. The summed E-state index contributed by atoms with van der Waals surface area (Å²) >= 11 is 0. The van der Waals surface area contributed by atoms with Crippen molar-refractivity contribution in [2.45, 2.75) is 13.5 Å². The Morgan fingerprint density at radius 1 is 1.59 bits per heavy atom. The Labute approximate surface area is 99.9 Å². The van der Waals surface area contributed by atoms with Crippen LogP contribution >= 0.6 is 0 Å². The lowest BCUT2D eigenvalue weighted by Crippen LogP contribution is -2.30. The van der Waals surface area contributed by atoms with Crippen LogP contribution in [0.5, 0.6) is 0 Å². The quantitative estimate of drug-likeness (QED) is 0.789. The number of carboxylic acids is 1. The van der Waals surface area contributed by atoms with E-state index in [2.05, 4.69) is 5.92 Å². The summed E-state index contributed by atoms with van der Waals surface area (Å²) < 4.78 is 13.5. The second-order valence-corrected chi connectivity index (χ2v) is 3.84. The maximum Gasteiger partial charge on any atom is 0.317 e. The number of benzene rings is 1. The zero-order valence-electron chi connectivity index (χ0n) is 9.61. The van der Waals surface area contributed by atoms with Crippen LogP contribution in [0.4, 0.5) is 4.39 Å². The van der Waals surface area contributed by atoms with Gasteiger partial charge in [0, 0.05) is 12.1 Å². The lowest BCUT2D eigenvalue weighted by molar-refractivity contribution is -0.138. The number of rotatable bonds is 5. The smallest absolute Gasteiger partial charge is 0.317 e. The highest BCUT2D eigenvalue weighted by Crippen LogP contribution is 2.12. The van der Waals surface area contributed by atoms with Gasteiger partial charge in [0.2, 0.25) is 0 Å². The third-order valence-corrected chi connectivity index (χ3v) is 2.27. The van der Waals surface area contributed by atoms with E-state index in [0.29, 0.717) is 5.56 Å². The fourth-order valence-corrected chi connectivity index (χ4v) is 1.55. The number of aliphatic carboxylic acids is 1. The minimum atomic E-state index is -0.978. The molecule has 0 atom stereocenters. The summed E-state index contributed by atoms with van der Waals surface area (Å²) in [5, 5.41) is 8.71. The zero-order valence-corrected chi connectivity index (χ0v) is 9.61. The van der Waals surface area contributed by atoms with E-state index in [1.165, 1.54) is 11.0 Å². The van der Waals surface area contributed by atoms with Crippen LogP contribution in [-0.4, -0.2) is 29.1 Å². The molecule has 90 valence electrons. The van der Waals surface area contributed by atoms with Crippen molar-refractivity contribution in [2.24, 2.45) is 0 Å². The highest BCUT2D eigenvalue weighted by Gasteiger charge is 2.11. The van der Waals surface area contributed by atoms with Gasteiger partial charge in [-0.3, -0.25) is 9.69 Å². The molecule has 0 unspecified atom stereocenters. The van der Waals surface area contributed by atoms with Crippen LogP contribution in [0, 0.1) is 25.1 Å². The third kappa shape index (κ3) is 4.25. The van der Waals surface area contributed by atoms with E-state index < -0.39 is 5.97 Å². The molecule has 0 aromatic heterocycles. The standard InChI is InChI=1S/C13H14FNO2/c1-3-6-15(9-13(16)17)8-11-7-10(2)4-5-12(11)14/h1,4-5,7H,6,8-9H2,2H3,(H,16,17). The Kier molecular flexibility index (Phi) is 4.68. The van der Waals surface area contributed by atoms with E-state index in [1.54, 1.807) is 12.1 Å². The van der Waals surface area contributed by atoms with Gasteiger partial charge < -0.3 is 5.11 Å². The number of carboxylic acid groups (broad SMARTS) is 1.